The van der Waals surface area contributed by atoms with Crippen LogP contribution in [-0.4, -0.2) is 47.9 Å². The zero-order valence-electron chi connectivity index (χ0n) is 16.1. The number of nitrogens with zero attached hydrogens (tertiary/aromatic N) is 7. The molecule has 8 nitrogen and oxygen atoms in total. The van der Waals surface area contributed by atoms with Gasteiger partial charge in [-0.2, -0.15) is 10.1 Å². The Morgan fingerprint density at radius 2 is 1.90 bits per heavy atom. The van der Waals surface area contributed by atoms with E-state index in [2.05, 4.69) is 37.4 Å². The number of hydrogen-bond acceptors (Lipinski definition) is 7. The number of likely N-dealkylation sites (tertiary alicyclic amines) is 1. The standard InChI is InChI=1S/C21H21N7O/c1-27-11-15(9-24-27)12-28-13-18(17-3-2-6-23-10-17)19(14-28)21-25-20(26-29-21)16-4-7-22-8-5-16/h2-11,18-19H,12-14H2,1H3/t18-,19+/m0/s1. The van der Waals surface area contributed by atoms with Crippen molar-refractivity contribution in [1.29, 1.82) is 0 Å². The highest BCUT2D eigenvalue weighted by Crippen LogP contribution is 2.39. The molecule has 0 N–H and O–H groups in total. The van der Waals surface area contributed by atoms with E-state index in [1.807, 2.05) is 42.3 Å². The summed E-state index contributed by atoms with van der Waals surface area (Å²) in [5.41, 5.74) is 3.29. The zero-order valence-corrected chi connectivity index (χ0v) is 16.1. The number of aryl methyl sites for hydroxylation is 1. The predicted octanol–water partition coefficient (Wildman–Crippen LogP) is 2.64. The quantitative estimate of drug-likeness (QED) is 0.520. The van der Waals surface area contributed by atoms with Crippen molar-refractivity contribution in [3.05, 3.63) is 78.5 Å². The van der Waals surface area contributed by atoms with Crippen LogP contribution < -0.4 is 0 Å². The highest BCUT2D eigenvalue weighted by Gasteiger charge is 2.38. The summed E-state index contributed by atoms with van der Waals surface area (Å²) in [6.07, 6.45) is 11.2. The molecule has 0 amide bonds. The maximum Gasteiger partial charge on any atom is 0.232 e. The molecule has 0 radical (unpaired) electrons. The highest BCUT2D eigenvalue weighted by atomic mass is 16.5. The molecule has 1 fully saturated rings. The van der Waals surface area contributed by atoms with Crippen LogP contribution in [0, 0.1) is 0 Å². The van der Waals surface area contributed by atoms with Crippen molar-refractivity contribution in [3.63, 3.8) is 0 Å². The normalized spacial score (nSPS) is 19.6. The van der Waals surface area contributed by atoms with Gasteiger partial charge in [0.15, 0.2) is 0 Å². The monoisotopic (exact) mass is 387 g/mol. The molecule has 5 rings (SSSR count). The van der Waals surface area contributed by atoms with Crippen LogP contribution in [0.1, 0.15) is 28.9 Å². The van der Waals surface area contributed by atoms with E-state index in [1.54, 1.807) is 18.6 Å². The van der Waals surface area contributed by atoms with Crippen molar-refractivity contribution in [2.24, 2.45) is 7.05 Å². The fraction of sp³-hybridized carbons (Fsp3) is 0.286. The van der Waals surface area contributed by atoms with Crippen molar-refractivity contribution < 1.29 is 4.52 Å². The molecule has 0 spiro atoms. The fourth-order valence-corrected chi connectivity index (χ4v) is 4.01. The van der Waals surface area contributed by atoms with Gasteiger partial charge in [-0.1, -0.05) is 11.2 Å². The Morgan fingerprint density at radius 1 is 1.03 bits per heavy atom. The Hall–Kier alpha value is -3.39. The average molecular weight is 387 g/mol. The minimum absolute atomic E-state index is 0.110. The molecule has 5 heterocycles. The van der Waals surface area contributed by atoms with Gasteiger partial charge in [-0.05, 0) is 23.8 Å². The lowest BCUT2D eigenvalue weighted by Crippen LogP contribution is -2.20. The maximum atomic E-state index is 5.71. The second-order valence-electron chi connectivity index (χ2n) is 7.41. The lowest BCUT2D eigenvalue weighted by atomic mass is 9.90. The third-order valence-corrected chi connectivity index (χ3v) is 5.37. The smallest absolute Gasteiger partial charge is 0.232 e. The van der Waals surface area contributed by atoms with Gasteiger partial charge >= 0.3 is 0 Å². The van der Waals surface area contributed by atoms with Crippen LogP contribution in [-0.2, 0) is 13.6 Å². The number of rotatable bonds is 5. The fourth-order valence-electron chi connectivity index (χ4n) is 4.01. The summed E-state index contributed by atoms with van der Waals surface area (Å²) < 4.78 is 7.55. The molecule has 0 unspecified atom stereocenters. The molecule has 1 aliphatic heterocycles. The van der Waals surface area contributed by atoms with Crippen LogP contribution in [0.4, 0.5) is 0 Å². The molecule has 0 aromatic carbocycles. The van der Waals surface area contributed by atoms with Gasteiger partial charge in [0.2, 0.25) is 11.7 Å². The van der Waals surface area contributed by atoms with E-state index in [1.165, 1.54) is 11.1 Å². The van der Waals surface area contributed by atoms with Crippen LogP contribution in [0.25, 0.3) is 11.4 Å². The largest absolute Gasteiger partial charge is 0.339 e. The summed E-state index contributed by atoms with van der Waals surface area (Å²) in [4.78, 5) is 15.5. The van der Waals surface area contributed by atoms with Crippen molar-refractivity contribution in [1.82, 2.24) is 34.8 Å². The Bertz CT molecular complexity index is 1080. The molecule has 8 heteroatoms. The van der Waals surface area contributed by atoms with Gasteiger partial charge in [0.05, 0.1) is 12.1 Å². The van der Waals surface area contributed by atoms with E-state index < -0.39 is 0 Å². The molecule has 0 bridgehead atoms. The van der Waals surface area contributed by atoms with Crippen molar-refractivity contribution in [2.45, 2.75) is 18.4 Å². The highest BCUT2D eigenvalue weighted by molar-refractivity contribution is 5.52. The van der Waals surface area contributed by atoms with Gasteiger partial charge < -0.3 is 4.52 Å². The van der Waals surface area contributed by atoms with E-state index in [9.17, 15) is 0 Å². The maximum absolute atomic E-state index is 5.71. The first kappa shape index (κ1) is 17.7. The summed E-state index contributed by atoms with van der Waals surface area (Å²) in [5.74, 6) is 1.61. The van der Waals surface area contributed by atoms with Gasteiger partial charge in [0, 0.05) is 74.7 Å². The number of aromatic nitrogens is 6. The SMILES string of the molecule is Cn1cc(CN2C[C@@H](c3cccnc3)[C@H](c3nc(-c4ccncc4)no3)C2)cn1. The van der Waals surface area contributed by atoms with Gasteiger partial charge in [0.25, 0.3) is 0 Å². The molecule has 4 aromatic heterocycles. The van der Waals surface area contributed by atoms with Crippen LogP contribution in [0.2, 0.25) is 0 Å². The lowest BCUT2D eigenvalue weighted by Gasteiger charge is -2.15. The second-order valence-corrected chi connectivity index (χ2v) is 7.41. The first-order valence-corrected chi connectivity index (χ1v) is 9.60. The predicted molar refractivity (Wildman–Crippen MR) is 106 cm³/mol. The number of hydrogen-bond donors (Lipinski definition) is 0. The van der Waals surface area contributed by atoms with Crippen LogP contribution in [0.3, 0.4) is 0 Å². The van der Waals surface area contributed by atoms with Gasteiger partial charge in [-0.15, -0.1) is 0 Å². The summed E-state index contributed by atoms with van der Waals surface area (Å²) in [5, 5.41) is 8.49. The first-order valence-electron chi connectivity index (χ1n) is 9.60. The van der Waals surface area contributed by atoms with Crippen molar-refractivity contribution in [3.8, 4) is 11.4 Å². The number of pyridine rings is 2. The third-order valence-electron chi connectivity index (χ3n) is 5.37. The summed E-state index contributed by atoms with van der Waals surface area (Å²) in [6.45, 7) is 2.58. The van der Waals surface area contributed by atoms with E-state index in [-0.39, 0.29) is 11.8 Å². The Labute approximate surface area is 168 Å². The first-order chi connectivity index (χ1) is 14.3. The van der Waals surface area contributed by atoms with Crippen LogP contribution >= 0.6 is 0 Å². The van der Waals surface area contributed by atoms with Crippen molar-refractivity contribution in [2.75, 3.05) is 13.1 Å². The molecular weight excluding hydrogens is 366 g/mol. The van der Waals surface area contributed by atoms with Gasteiger partial charge in [-0.3, -0.25) is 19.5 Å². The molecule has 146 valence electrons. The minimum Gasteiger partial charge on any atom is -0.339 e. The average Bonchev–Trinajstić information content (AvgIpc) is 3.49. The third kappa shape index (κ3) is 3.66. The van der Waals surface area contributed by atoms with E-state index in [0.29, 0.717) is 11.7 Å². The Morgan fingerprint density at radius 3 is 2.66 bits per heavy atom. The molecule has 0 saturated carbocycles. The van der Waals surface area contributed by atoms with Crippen LogP contribution in [0.5, 0.6) is 0 Å². The molecule has 0 aliphatic carbocycles. The Kier molecular flexibility index (Phi) is 4.61. The van der Waals surface area contributed by atoms with Gasteiger partial charge in [0.1, 0.15) is 0 Å². The van der Waals surface area contributed by atoms with Crippen LogP contribution in [0.15, 0.2) is 66.0 Å². The zero-order chi connectivity index (χ0) is 19.6. The molecule has 29 heavy (non-hydrogen) atoms. The Balaban J connectivity index is 1.43. The second kappa shape index (κ2) is 7.56. The van der Waals surface area contributed by atoms with Crippen molar-refractivity contribution >= 4 is 0 Å². The molecular formula is C21H21N7O. The summed E-state index contributed by atoms with van der Waals surface area (Å²) >= 11 is 0. The van der Waals surface area contributed by atoms with E-state index >= 15 is 0 Å². The topological polar surface area (TPSA) is 85.8 Å². The van der Waals surface area contributed by atoms with E-state index in [4.69, 9.17) is 9.51 Å². The molecule has 1 saturated heterocycles. The van der Waals surface area contributed by atoms with Gasteiger partial charge in [-0.25, -0.2) is 0 Å². The lowest BCUT2D eigenvalue weighted by molar-refractivity contribution is 0.309. The molecule has 1 aliphatic rings. The summed E-state index contributed by atoms with van der Waals surface area (Å²) in [7, 11) is 1.94. The molecule has 2 atom stereocenters. The summed E-state index contributed by atoms with van der Waals surface area (Å²) in [6, 6.07) is 7.87. The van der Waals surface area contributed by atoms with E-state index in [0.717, 1.165) is 25.2 Å². The minimum atomic E-state index is 0.110. The molecule has 4 aromatic rings.